The van der Waals surface area contributed by atoms with Gasteiger partial charge in [-0.05, 0) is 12.1 Å². The van der Waals surface area contributed by atoms with E-state index in [1.807, 2.05) is 0 Å². The first-order valence-corrected chi connectivity index (χ1v) is 4.69. The monoisotopic (exact) mass is 221 g/mol. The van der Waals surface area contributed by atoms with Crippen molar-refractivity contribution in [1.29, 1.82) is 0 Å². The fraction of sp³-hybridized carbons (Fsp3) is 0.100. The number of ketones is 1. The molecule has 0 fully saturated rings. The van der Waals surface area contributed by atoms with Crippen LogP contribution in [0, 0.1) is 0 Å². The van der Waals surface area contributed by atoms with Gasteiger partial charge in [0.1, 0.15) is 5.15 Å². The van der Waals surface area contributed by atoms with E-state index in [9.17, 15) is 4.79 Å². The van der Waals surface area contributed by atoms with Gasteiger partial charge < -0.3 is 0 Å². The van der Waals surface area contributed by atoms with Crippen molar-refractivity contribution in [1.82, 2.24) is 14.8 Å². The van der Waals surface area contributed by atoms with Crippen molar-refractivity contribution < 1.29 is 4.79 Å². The summed E-state index contributed by atoms with van der Waals surface area (Å²) < 4.78 is 1.58. The molecule has 0 N–H and O–H groups in total. The van der Waals surface area contributed by atoms with E-state index in [0.29, 0.717) is 16.3 Å². The number of aromatic nitrogens is 3. The molecule has 4 nitrogen and oxygen atoms in total. The third kappa shape index (κ3) is 2.05. The summed E-state index contributed by atoms with van der Waals surface area (Å²) in [4.78, 5) is 15.7. The molecule has 5 heteroatoms. The van der Waals surface area contributed by atoms with E-state index in [2.05, 4.69) is 10.1 Å². The molecule has 0 aliphatic rings. The van der Waals surface area contributed by atoms with Crippen LogP contribution < -0.4 is 0 Å². The van der Waals surface area contributed by atoms with Crippen LogP contribution in [0.5, 0.6) is 0 Å². The van der Waals surface area contributed by atoms with Crippen molar-refractivity contribution in [3.8, 4) is 0 Å². The zero-order valence-electron chi connectivity index (χ0n) is 8.01. The molecule has 0 unspecified atom stereocenters. The third-order valence-corrected chi connectivity index (χ3v) is 2.18. The molecular weight excluding hydrogens is 214 g/mol. The molecule has 15 heavy (non-hydrogen) atoms. The second-order valence-corrected chi connectivity index (χ2v) is 3.49. The Labute approximate surface area is 91.5 Å². The average molecular weight is 222 g/mol. The molecule has 2 rings (SSSR count). The highest BCUT2D eigenvalue weighted by molar-refractivity contribution is 6.29. The number of nitrogens with zero attached hydrogens (tertiary/aromatic N) is 3. The minimum Gasteiger partial charge on any atom is -0.288 e. The van der Waals surface area contributed by atoms with Crippen LogP contribution in [0.2, 0.25) is 5.15 Å². The lowest BCUT2D eigenvalue weighted by molar-refractivity contribution is 0.103. The summed E-state index contributed by atoms with van der Waals surface area (Å²) in [6.45, 7) is 0. The molecule has 0 saturated heterocycles. The van der Waals surface area contributed by atoms with E-state index in [4.69, 9.17) is 11.6 Å². The van der Waals surface area contributed by atoms with Crippen LogP contribution in [0.1, 0.15) is 15.9 Å². The first kappa shape index (κ1) is 9.86. The van der Waals surface area contributed by atoms with Gasteiger partial charge in [0.25, 0.3) is 0 Å². The molecule has 2 aromatic rings. The predicted octanol–water partition coefficient (Wildman–Crippen LogP) is 1.70. The van der Waals surface area contributed by atoms with E-state index >= 15 is 0 Å². The minimum absolute atomic E-state index is 0.104. The van der Waals surface area contributed by atoms with Crippen LogP contribution in [0.4, 0.5) is 0 Å². The summed E-state index contributed by atoms with van der Waals surface area (Å²) in [6.07, 6.45) is 4.64. The van der Waals surface area contributed by atoms with Gasteiger partial charge in [-0.15, -0.1) is 0 Å². The van der Waals surface area contributed by atoms with Crippen molar-refractivity contribution in [3.05, 3.63) is 47.0 Å². The minimum atomic E-state index is -0.104. The van der Waals surface area contributed by atoms with Gasteiger partial charge >= 0.3 is 0 Å². The standard InChI is InChI=1S/C10H8ClN3O/c1-14-6-8(5-13-14)10(15)7-2-3-9(11)12-4-7/h2-6H,1H3. The van der Waals surface area contributed by atoms with Crippen LogP contribution in [0.3, 0.4) is 0 Å². The quantitative estimate of drug-likeness (QED) is 0.573. The Balaban J connectivity index is 2.32. The summed E-state index contributed by atoms with van der Waals surface area (Å²) in [5, 5.41) is 4.30. The lowest BCUT2D eigenvalue weighted by Crippen LogP contribution is -2.00. The predicted molar refractivity (Wildman–Crippen MR) is 55.9 cm³/mol. The zero-order chi connectivity index (χ0) is 10.8. The number of aryl methyl sites for hydroxylation is 1. The number of halogens is 1. The Hall–Kier alpha value is -1.68. The first-order valence-electron chi connectivity index (χ1n) is 4.32. The zero-order valence-corrected chi connectivity index (χ0v) is 8.77. The summed E-state index contributed by atoms with van der Waals surface area (Å²) in [5.41, 5.74) is 1.05. The van der Waals surface area contributed by atoms with Crippen LogP contribution in [-0.2, 0) is 7.05 Å². The third-order valence-electron chi connectivity index (χ3n) is 1.96. The van der Waals surface area contributed by atoms with Crippen molar-refractivity contribution >= 4 is 17.4 Å². The fourth-order valence-electron chi connectivity index (χ4n) is 1.22. The lowest BCUT2D eigenvalue weighted by Gasteiger charge is -1.96. The highest BCUT2D eigenvalue weighted by Gasteiger charge is 2.10. The summed E-state index contributed by atoms with van der Waals surface area (Å²) in [7, 11) is 1.76. The van der Waals surface area contributed by atoms with Crippen LogP contribution >= 0.6 is 11.6 Å². The Morgan fingerprint density at radius 1 is 1.33 bits per heavy atom. The summed E-state index contributed by atoms with van der Waals surface area (Å²) in [5.74, 6) is -0.104. The number of carbonyl (C=O) groups excluding carboxylic acids is 1. The van der Waals surface area contributed by atoms with E-state index in [1.54, 1.807) is 30.1 Å². The molecule has 0 spiro atoms. The molecule has 76 valence electrons. The Kier molecular flexibility index (Phi) is 2.51. The van der Waals surface area contributed by atoms with Crippen molar-refractivity contribution in [2.45, 2.75) is 0 Å². The van der Waals surface area contributed by atoms with E-state index in [0.717, 1.165) is 0 Å². The molecule has 0 atom stereocenters. The van der Waals surface area contributed by atoms with Crippen LogP contribution in [-0.4, -0.2) is 20.5 Å². The van der Waals surface area contributed by atoms with Crippen LogP contribution in [0.25, 0.3) is 0 Å². The number of hydrogen-bond acceptors (Lipinski definition) is 3. The van der Waals surface area contributed by atoms with E-state index < -0.39 is 0 Å². The fourth-order valence-corrected chi connectivity index (χ4v) is 1.33. The van der Waals surface area contributed by atoms with Gasteiger partial charge in [0.05, 0.1) is 11.8 Å². The summed E-state index contributed by atoms with van der Waals surface area (Å²) >= 11 is 5.63. The van der Waals surface area contributed by atoms with E-state index in [-0.39, 0.29) is 5.78 Å². The molecule has 0 aromatic carbocycles. The van der Waals surface area contributed by atoms with Crippen molar-refractivity contribution in [3.63, 3.8) is 0 Å². The van der Waals surface area contributed by atoms with Gasteiger partial charge in [0.2, 0.25) is 0 Å². The van der Waals surface area contributed by atoms with Crippen molar-refractivity contribution in [2.75, 3.05) is 0 Å². The average Bonchev–Trinajstić information content (AvgIpc) is 2.65. The molecule has 0 radical (unpaired) electrons. The second-order valence-electron chi connectivity index (χ2n) is 3.10. The number of carbonyl (C=O) groups is 1. The van der Waals surface area contributed by atoms with E-state index in [1.165, 1.54) is 12.4 Å². The van der Waals surface area contributed by atoms with Gasteiger partial charge in [-0.1, -0.05) is 11.6 Å². The second kappa shape index (κ2) is 3.82. The molecule has 0 amide bonds. The Morgan fingerprint density at radius 2 is 2.13 bits per heavy atom. The molecular formula is C10H8ClN3O. The van der Waals surface area contributed by atoms with Crippen LogP contribution in [0.15, 0.2) is 30.7 Å². The highest BCUT2D eigenvalue weighted by atomic mass is 35.5. The number of rotatable bonds is 2. The topological polar surface area (TPSA) is 47.8 Å². The van der Waals surface area contributed by atoms with Gasteiger partial charge in [-0.3, -0.25) is 9.48 Å². The summed E-state index contributed by atoms with van der Waals surface area (Å²) in [6, 6.07) is 3.23. The molecule has 0 aliphatic carbocycles. The van der Waals surface area contributed by atoms with Gasteiger partial charge in [0.15, 0.2) is 5.78 Å². The highest BCUT2D eigenvalue weighted by Crippen LogP contribution is 2.10. The smallest absolute Gasteiger partial charge is 0.197 e. The molecule has 0 aliphatic heterocycles. The van der Waals surface area contributed by atoms with Gasteiger partial charge in [-0.2, -0.15) is 5.10 Å². The first-order chi connectivity index (χ1) is 7.16. The number of hydrogen-bond donors (Lipinski definition) is 0. The number of pyridine rings is 1. The van der Waals surface area contributed by atoms with Gasteiger partial charge in [0, 0.05) is 25.0 Å². The SMILES string of the molecule is Cn1cc(C(=O)c2ccc(Cl)nc2)cn1. The maximum atomic E-state index is 11.8. The molecule has 0 saturated carbocycles. The van der Waals surface area contributed by atoms with Crippen molar-refractivity contribution in [2.24, 2.45) is 7.05 Å². The molecule has 2 heterocycles. The Morgan fingerprint density at radius 3 is 2.67 bits per heavy atom. The Bertz CT molecular complexity index is 490. The molecule has 0 bridgehead atoms. The van der Waals surface area contributed by atoms with Gasteiger partial charge in [-0.25, -0.2) is 4.98 Å². The lowest BCUT2D eigenvalue weighted by atomic mass is 10.1. The maximum absolute atomic E-state index is 11.8. The normalized spacial score (nSPS) is 10.3. The molecule has 2 aromatic heterocycles. The maximum Gasteiger partial charge on any atom is 0.197 e. The largest absolute Gasteiger partial charge is 0.288 e.